The number of benzene rings is 1. The number of hydrogen-bond donors (Lipinski definition) is 2. The molecule has 2 rings (SSSR count). The summed E-state index contributed by atoms with van der Waals surface area (Å²) in [5.41, 5.74) is 2.13. The van der Waals surface area contributed by atoms with Crippen LogP contribution in [0.15, 0.2) is 28.9 Å². The van der Waals surface area contributed by atoms with Crippen LogP contribution in [0, 0.1) is 6.92 Å². The van der Waals surface area contributed by atoms with Crippen LogP contribution >= 0.6 is 15.9 Å². The second-order valence-corrected chi connectivity index (χ2v) is 5.38. The van der Waals surface area contributed by atoms with Crippen LogP contribution in [0.3, 0.4) is 0 Å². The molecule has 0 saturated heterocycles. The summed E-state index contributed by atoms with van der Waals surface area (Å²) in [6.45, 7) is 3.49. The first-order chi connectivity index (χ1) is 10.2. The van der Waals surface area contributed by atoms with Gasteiger partial charge in [0.2, 0.25) is 5.95 Å². The van der Waals surface area contributed by atoms with Crippen molar-refractivity contribution in [2.45, 2.75) is 13.3 Å². The molecule has 7 heteroatoms. The van der Waals surface area contributed by atoms with Crippen molar-refractivity contribution in [2.24, 2.45) is 0 Å². The summed E-state index contributed by atoms with van der Waals surface area (Å²) in [6, 6.07) is 6.03. The predicted molar refractivity (Wildman–Crippen MR) is 87.0 cm³/mol. The summed E-state index contributed by atoms with van der Waals surface area (Å²) >= 11 is 3.51. The molecular formula is C14H18BrN5O. The van der Waals surface area contributed by atoms with E-state index in [1.807, 2.05) is 25.1 Å². The van der Waals surface area contributed by atoms with E-state index in [2.05, 4.69) is 41.7 Å². The molecule has 0 aliphatic carbocycles. The molecule has 0 amide bonds. The number of rotatable bonds is 7. The summed E-state index contributed by atoms with van der Waals surface area (Å²) < 4.78 is 6.04. The molecule has 0 atom stereocenters. The van der Waals surface area contributed by atoms with Crippen LogP contribution in [0.4, 0.5) is 17.5 Å². The highest BCUT2D eigenvalue weighted by Gasteiger charge is 2.02. The second-order valence-electron chi connectivity index (χ2n) is 4.53. The average molecular weight is 352 g/mol. The molecule has 0 bridgehead atoms. The number of methoxy groups -OCH3 is 1. The summed E-state index contributed by atoms with van der Waals surface area (Å²) in [7, 11) is 1.68. The van der Waals surface area contributed by atoms with Gasteiger partial charge >= 0.3 is 0 Å². The molecule has 0 radical (unpaired) electrons. The minimum atomic E-state index is 0.502. The normalized spacial score (nSPS) is 10.4. The van der Waals surface area contributed by atoms with E-state index < -0.39 is 0 Å². The lowest BCUT2D eigenvalue weighted by Gasteiger charge is -2.08. The summed E-state index contributed by atoms with van der Waals surface area (Å²) in [4.78, 5) is 4.37. The molecular weight excluding hydrogens is 334 g/mol. The molecule has 21 heavy (non-hydrogen) atoms. The van der Waals surface area contributed by atoms with E-state index in [0.717, 1.165) is 23.1 Å². The lowest BCUT2D eigenvalue weighted by Crippen LogP contribution is -2.09. The van der Waals surface area contributed by atoms with E-state index >= 15 is 0 Å². The largest absolute Gasteiger partial charge is 0.385 e. The van der Waals surface area contributed by atoms with Gasteiger partial charge in [-0.2, -0.15) is 10.1 Å². The molecule has 0 aliphatic heterocycles. The van der Waals surface area contributed by atoms with Gasteiger partial charge in [-0.3, -0.25) is 0 Å². The van der Waals surface area contributed by atoms with Gasteiger partial charge in [0.05, 0.1) is 6.20 Å². The first-order valence-corrected chi connectivity index (χ1v) is 7.44. The van der Waals surface area contributed by atoms with Crippen molar-refractivity contribution < 1.29 is 4.74 Å². The standard InChI is InChI=1S/C14H18BrN5O/c1-10-4-5-11(8-12(10)15)18-13-9-17-20-14(19-13)16-6-3-7-21-2/h4-5,8-9H,3,6-7H2,1-2H3,(H2,16,18,19,20). The Morgan fingerprint density at radius 3 is 2.95 bits per heavy atom. The summed E-state index contributed by atoms with van der Waals surface area (Å²) in [5.74, 6) is 1.15. The molecule has 1 aromatic carbocycles. The Hall–Kier alpha value is -1.73. The Balaban J connectivity index is 1.98. The van der Waals surface area contributed by atoms with Crippen molar-refractivity contribution in [3.8, 4) is 0 Å². The van der Waals surface area contributed by atoms with E-state index in [9.17, 15) is 0 Å². The zero-order valence-corrected chi connectivity index (χ0v) is 13.6. The first kappa shape index (κ1) is 15.7. The zero-order chi connectivity index (χ0) is 15.1. The quantitative estimate of drug-likeness (QED) is 0.746. The van der Waals surface area contributed by atoms with Gasteiger partial charge in [-0.05, 0) is 31.0 Å². The monoisotopic (exact) mass is 351 g/mol. The molecule has 2 aromatic rings. The number of halogens is 1. The summed E-state index contributed by atoms with van der Waals surface area (Å²) in [6.07, 6.45) is 2.48. The number of anilines is 3. The van der Waals surface area contributed by atoms with Gasteiger partial charge in [0, 0.05) is 30.4 Å². The smallest absolute Gasteiger partial charge is 0.244 e. The van der Waals surface area contributed by atoms with Gasteiger partial charge in [0.15, 0.2) is 5.82 Å². The molecule has 2 N–H and O–H groups in total. The highest BCUT2D eigenvalue weighted by Crippen LogP contribution is 2.22. The highest BCUT2D eigenvalue weighted by atomic mass is 79.9. The van der Waals surface area contributed by atoms with Crippen molar-refractivity contribution in [3.63, 3.8) is 0 Å². The van der Waals surface area contributed by atoms with Gasteiger partial charge < -0.3 is 15.4 Å². The minimum Gasteiger partial charge on any atom is -0.385 e. The van der Waals surface area contributed by atoms with Gasteiger partial charge in [0.25, 0.3) is 0 Å². The fourth-order valence-electron chi connectivity index (χ4n) is 1.67. The fourth-order valence-corrected chi connectivity index (χ4v) is 2.05. The Labute approximate surface area is 132 Å². The van der Waals surface area contributed by atoms with Gasteiger partial charge in [-0.1, -0.05) is 22.0 Å². The van der Waals surface area contributed by atoms with Gasteiger partial charge in [0.1, 0.15) is 0 Å². The number of hydrogen-bond acceptors (Lipinski definition) is 6. The maximum absolute atomic E-state index is 4.99. The van der Waals surface area contributed by atoms with E-state index in [-0.39, 0.29) is 0 Å². The summed E-state index contributed by atoms with van der Waals surface area (Å²) in [5, 5.41) is 14.2. The van der Waals surface area contributed by atoms with Crippen LogP contribution in [0.5, 0.6) is 0 Å². The minimum absolute atomic E-state index is 0.502. The molecule has 0 fully saturated rings. The Bertz CT molecular complexity index is 593. The van der Waals surface area contributed by atoms with Gasteiger partial charge in [-0.15, -0.1) is 5.10 Å². The second kappa shape index (κ2) is 7.90. The van der Waals surface area contributed by atoms with Crippen LogP contribution in [0.25, 0.3) is 0 Å². The SMILES string of the molecule is COCCCNc1nncc(Nc2ccc(C)c(Br)c2)n1. The van der Waals surface area contributed by atoms with Crippen molar-refractivity contribution >= 4 is 33.4 Å². The third-order valence-electron chi connectivity index (χ3n) is 2.81. The van der Waals surface area contributed by atoms with Gasteiger partial charge in [-0.25, -0.2) is 0 Å². The zero-order valence-electron chi connectivity index (χ0n) is 12.1. The lowest BCUT2D eigenvalue weighted by atomic mass is 10.2. The Morgan fingerprint density at radius 2 is 2.19 bits per heavy atom. The van der Waals surface area contributed by atoms with E-state index in [1.165, 1.54) is 5.56 Å². The van der Waals surface area contributed by atoms with Crippen LogP contribution in [0.1, 0.15) is 12.0 Å². The van der Waals surface area contributed by atoms with E-state index in [4.69, 9.17) is 4.74 Å². The fraction of sp³-hybridized carbons (Fsp3) is 0.357. The van der Waals surface area contributed by atoms with Crippen molar-refractivity contribution in [1.82, 2.24) is 15.2 Å². The molecule has 0 saturated carbocycles. The maximum Gasteiger partial charge on any atom is 0.244 e. The molecule has 0 aliphatic rings. The number of ether oxygens (including phenoxy) is 1. The van der Waals surface area contributed by atoms with Crippen LogP contribution < -0.4 is 10.6 Å². The van der Waals surface area contributed by atoms with Crippen molar-refractivity contribution in [1.29, 1.82) is 0 Å². The van der Waals surface area contributed by atoms with Crippen LogP contribution in [0.2, 0.25) is 0 Å². The molecule has 1 aromatic heterocycles. The molecule has 1 heterocycles. The average Bonchev–Trinajstić information content (AvgIpc) is 2.48. The first-order valence-electron chi connectivity index (χ1n) is 6.65. The maximum atomic E-state index is 4.99. The Kier molecular flexibility index (Phi) is 5.89. The molecule has 0 unspecified atom stereocenters. The van der Waals surface area contributed by atoms with Crippen molar-refractivity contribution in [2.75, 3.05) is 30.9 Å². The third-order valence-corrected chi connectivity index (χ3v) is 3.67. The van der Waals surface area contributed by atoms with Crippen LogP contribution in [-0.2, 0) is 4.74 Å². The lowest BCUT2D eigenvalue weighted by molar-refractivity contribution is 0.197. The van der Waals surface area contributed by atoms with Crippen molar-refractivity contribution in [3.05, 3.63) is 34.4 Å². The number of nitrogens with one attached hydrogen (secondary N) is 2. The Morgan fingerprint density at radius 1 is 1.33 bits per heavy atom. The molecule has 0 spiro atoms. The van der Waals surface area contributed by atoms with E-state index in [1.54, 1.807) is 13.3 Å². The topological polar surface area (TPSA) is 72.0 Å². The third kappa shape index (κ3) is 4.95. The van der Waals surface area contributed by atoms with E-state index in [0.29, 0.717) is 18.4 Å². The highest BCUT2D eigenvalue weighted by molar-refractivity contribution is 9.10. The van der Waals surface area contributed by atoms with Crippen LogP contribution in [-0.4, -0.2) is 35.4 Å². The number of aryl methyl sites for hydroxylation is 1. The predicted octanol–water partition coefficient (Wildman–Crippen LogP) is 3.13. The molecule has 112 valence electrons. The number of nitrogens with zero attached hydrogens (tertiary/aromatic N) is 3. The number of aromatic nitrogens is 3. The molecule has 6 nitrogen and oxygen atoms in total.